The van der Waals surface area contributed by atoms with E-state index in [0.29, 0.717) is 11.4 Å². The zero-order valence-corrected chi connectivity index (χ0v) is 11.8. The van der Waals surface area contributed by atoms with E-state index in [4.69, 9.17) is 4.74 Å². The van der Waals surface area contributed by atoms with E-state index >= 15 is 0 Å². The highest BCUT2D eigenvalue weighted by Gasteiger charge is 2.31. The number of methoxy groups -OCH3 is 1. The van der Waals surface area contributed by atoms with Crippen molar-refractivity contribution in [3.8, 4) is 11.4 Å². The van der Waals surface area contributed by atoms with Gasteiger partial charge in [-0.15, -0.1) is 0 Å². The minimum Gasteiger partial charge on any atom is -0.496 e. The van der Waals surface area contributed by atoms with Gasteiger partial charge in [-0.1, -0.05) is 18.2 Å². The first-order chi connectivity index (χ1) is 10.5. The van der Waals surface area contributed by atoms with Gasteiger partial charge in [-0.25, -0.2) is 0 Å². The SMILES string of the molecule is COc1cccc2cc[n+](-c3cccc(C(F)(F)F)c3)cc12. The molecule has 1 heterocycles. The van der Waals surface area contributed by atoms with Gasteiger partial charge in [0.1, 0.15) is 5.75 Å². The summed E-state index contributed by atoms with van der Waals surface area (Å²) in [5.74, 6) is 0.679. The number of fused-ring (bicyclic) bond motifs is 1. The Hall–Kier alpha value is -2.56. The van der Waals surface area contributed by atoms with Crippen molar-refractivity contribution in [3.05, 3.63) is 66.5 Å². The summed E-state index contributed by atoms with van der Waals surface area (Å²) < 4.78 is 45.4. The molecule has 5 heteroatoms. The molecule has 3 aromatic rings. The Labute approximate surface area is 125 Å². The average molecular weight is 304 g/mol. The predicted octanol–water partition coefficient (Wildman–Crippen LogP) is 4.14. The number of hydrogen-bond acceptors (Lipinski definition) is 1. The molecule has 0 aliphatic carbocycles. The third-order valence-corrected chi connectivity index (χ3v) is 3.47. The van der Waals surface area contributed by atoms with Crippen LogP contribution in [-0.2, 0) is 6.18 Å². The molecule has 0 aliphatic rings. The van der Waals surface area contributed by atoms with E-state index in [2.05, 4.69) is 0 Å². The van der Waals surface area contributed by atoms with Crippen LogP contribution >= 0.6 is 0 Å². The fraction of sp³-hybridized carbons (Fsp3) is 0.118. The predicted molar refractivity (Wildman–Crippen MR) is 77.0 cm³/mol. The maximum absolute atomic E-state index is 12.8. The van der Waals surface area contributed by atoms with Gasteiger partial charge in [0.25, 0.3) is 0 Å². The third-order valence-electron chi connectivity index (χ3n) is 3.47. The van der Waals surface area contributed by atoms with Crippen LogP contribution in [0, 0.1) is 0 Å². The Bertz CT molecular complexity index is 827. The Kier molecular flexibility index (Phi) is 3.48. The molecule has 2 aromatic carbocycles. The lowest BCUT2D eigenvalue weighted by atomic mass is 10.1. The van der Waals surface area contributed by atoms with E-state index in [-0.39, 0.29) is 0 Å². The molecule has 0 saturated heterocycles. The van der Waals surface area contributed by atoms with E-state index in [0.717, 1.165) is 22.9 Å². The first-order valence-electron chi connectivity index (χ1n) is 6.65. The van der Waals surface area contributed by atoms with Crippen molar-refractivity contribution in [1.29, 1.82) is 0 Å². The Morgan fingerprint density at radius 3 is 2.50 bits per heavy atom. The highest BCUT2D eigenvalue weighted by atomic mass is 19.4. The van der Waals surface area contributed by atoms with Crippen molar-refractivity contribution >= 4 is 10.8 Å². The number of alkyl halides is 3. The summed E-state index contributed by atoms with van der Waals surface area (Å²) in [6.07, 6.45) is -0.855. The maximum Gasteiger partial charge on any atom is 0.416 e. The van der Waals surface area contributed by atoms with Gasteiger partial charge in [0.05, 0.1) is 18.1 Å². The lowest BCUT2D eigenvalue weighted by molar-refractivity contribution is -0.594. The lowest BCUT2D eigenvalue weighted by Crippen LogP contribution is -2.29. The first-order valence-corrected chi connectivity index (χ1v) is 6.65. The van der Waals surface area contributed by atoms with Gasteiger partial charge in [0.15, 0.2) is 12.4 Å². The van der Waals surface area contributed by atoms with Crippen LogP contribution in [0.5, 0.6) is 5.75 Å². The van der Waals surface area contributed by atoms with E-state index < -0.39 is 11.7 Å². The number of rotatable bonds is 2. The van der Waals surface area contributed by atoms with Crippen LogP contribution in [0.15, 0.2) is 60.9 Å². The molecule has 2 nitrogen and oxygen atoms in total. The van der Waals surface area contributed by atoms with E-state index in [1.807, 2.05) is 24.3 Å². The van der Waals surface area contributed by atoms with Crippen molar-refractivity contribution < 1.29 is 22.5 Å². The molecule has 0 aliphatic heterocycles. The molecule has 0 unspecified atom stereocenters. The topological polar surface area (TPSA) is 13.1 Å². The standard InChI is InChI=1S/C17H13F3NO/c1-22-16-7-2-4-12-8-9-21(11-15(12)16)14-6-3-5-13(10-14)17(18,19)20/h2-11H,1H3/q+1. The van der Waals surface area contributed by atoms with Gasteiger partial charge >= 0.3 is 6.18 Å². The largest absolute Gasteiger partial charge is 0.496 e. The molecule has 0 saturated carbocycles. The molecule has 1 aromatic heterocycles. The summed E-state index contributed by atoms with van der Waals surface area (Å²) >= 11 is 0. The molecule has 112 valence electrons. The normalized spacial score (nSPS) is 11.6. The van der Waals surface area contributed by atoms with Crippen molar-refractivity contribution in [1.82, 2.24) is 0 Å². The molecule has 22 heavy (non-hydrogen) atoms. The second kappa shape index (κ2) is 5.33. The first kappa shape index (κ1) is 14.4. The monoisotopic (exact) mass is 304 g/mol. The molecular weight excluding hydrogens is 291 g/mol. The van der Waals surface area contributed by atoms with Crippen molar-refractivity contribution in [2.24, 2.45) is 0 Å². The van der Waals surface area contributed by atoms with E-state index in [1.165, 1.54) is 6.07 Å². The summed E-state index contributed by atoms with van der Waals surface area (Å²) in [7, 11) is 1.57. The lowest BCUT2D eigenvalue weighted by Gasteiger charge is -2.07. The summed E-state index contributed by atoms with van der Waals surface area (Å²) in [6.45, 7) is 0. The van der Waals surface area contributed by atoms with Crippen LogP contribution in [-0.4, -0.2) is 7.11 Å². The third kappa shape index (κ3) is 2.62. The number of pyridine rings is 1. The minimum absolute atomic E-state index is 0.447. The Morgan fingerprint density at radius 1 is 1.00 bits per heavy atom. The van der Waals surface area contributed by atoms with Crippen LogP contribution in [0.4, 0.5) is 13.2 Å². The van der Waals surface area contributed by atoms with Crippen LogP contribution < -0.4 is 9.30 Å². The fourth-order valence-corrected chi connectivity index (χ4v) is 2.37. The molecule has 0 N–H and O–H groups in total. The number of nitrogens with zero attached hydrogens (tertiary/aromatic N) is 1. The number of aromatic nitrogens is 1. The van der Waals surface area contributed by atoms with Crippen molar-refractivity contribution in [3.63, 3.8) is 0 Å². The zero-order valence-electron chi connectivity index (χ0n) is 11.8. The second-order valence-electron chi connectivity index (χ2n) is 4.86. The van der Waals surface area contributed by atoms with Gasteiger partial charge < -0.3 is 4.74 Å². The van der Waals surface area contributed by atoms with E-state index in [1.54, 1.807) is 30.1 Å². The Morgan fingerprint density at radius 2 is 1.77 bits per heavy atom. The van der Waals surface area contributed by atoms with E-state index in [9.17, 15) is 13.2 Å². The van der Waals surface area contributed by atoms with Crippen LogP contribution in [0.1, 0.15) is 5.56 Å². The second-order valence-corrected chi connectivity index (χ2v) is 4.86. The molecule has 0 radical (unpaired) electrons. The van der Waals surface area contributed by atoms with Gasteiger partial charge in [-0.3, -0.25) is 0 Å². The van der Waals surface area contributed by atoms with Crippen molar-refractivity contribution in [2.45, 2.75) is 6.18 Å². The highest BCUT2D eigenvalue weighted by molar-refractivity contribution is 5.86. The smallest absolute Gasteiger partial charge is 0.416 e. The molecule has 0 atom stereocenters. The van der Waals surface area contributed by atoms with Crippen molar-refractivity contribution in [2.75, 3.05) is 7.11 Å². The van der Waals surface area contributed by atoms with Gasteiger partial charge in [-0.05, 0) is 17.5 Å². The molecule has 0 spiro atoms. The fourth-order valence-electron chi connectivity index (χ4n) is 2.37. The quantitative estimate of drug-likeness (QED) is 0.648. The van der Waals surface area contributed by atoms with Crippen LogP contribution in [0.2, 0.25) is 0 Å². The summed E-state index contributed by atoms with van der Waals surface area (Å²) in [5.41, 5.74) is -0.222. The van der Waals surface area contributed by atoms with Gasteiger partial charge in [-0.2, -0.15) is 17.7 Å². The highest BCUT2D eigenvalue weighted by Crippen LogP contribution is 2.30. The molecule has 0 amide bonds. The molecular formula is C17H13F3NO+. The molecule has 0 bridgehead atoms. The summed E-state index contributed by atoms with van der Waals surface area (Å²) in [6, 6.07) is 12.7. The minimum atomic E-state index is -4.36. The molecule has 0 fully saturated rings. The number of benzene rings is 2. The number of halogens is 3. The summed E-state index contributed by atoms with van der Waals surface area (Å²) in [4.78, 5) is 0. The Balaban J connectivity index is 2.15. The van der Waals surface area contributed by atoms with Crippen LogP contribution in [0.3, 0.4) is 0 Å². The molecule has 3 rings (SSSR count). The van der Waals surface area contributed by atoms with Gasteiger partial charge in [0, 0.05) is 18.2 Å². The average Bonchev–Trinajstić information content (AvgIpc) is 2.53. The maximum atomic E-state index is 12.8. The number of hydrogen-bond donors (Lipinski definition) is 0. The summed E-state index contributed by atoms with van der Waals surface area (Å²) in [5, 5.41) is 1.80. The van der Waals surface area contributed by atoms with Crippen LogP contribution in [0.25, 0.3) is 16.5 Å². The van der Waals surface area contributed by atoms with Gasteiger partial charge in [0.2, 0.25) is 5.69 Å². The zero-order chi connectivity index (χ0) is 15.7. The number of ether oxygens (including phenoxy) is 1.